The van der Waals surface area contributed by atoms with Crippen molar-refractivity contribution in [3.8, 4) is 11.5 Å². The highest BCUT2D eigenvalue weighted by Gasteiger charge is 2.20. The van der Waals surface area contributed by atoms with E-state index in [9.17, 15) is 18.4 Å². The number of aliphatic hydroxyl groups is 1. The SMILES string of the molecule is O=C(NCCO)/C(=C\c1ccc(OCC(F)F)cc1)NC(=O)c1ccc(OCCCC2CC2)cc1. The Kier molecular flexibility index (Phi) is 10.0. The number of hydrogen-bond acceptors (Lipinski definition) is 5. The van der Waals surface area contributed by atoms with Crippen molar-refractivity contribution in [1.82, 2.24) is 10.6 Å². The van der Waals surface area contributed by atoms with Gasteiger partial charge in [-0.3, -0.25) is 9.59 Å². The predicted molar refractivity (Wildman–Crippen MR) is 127 cm³/mol. The lowest BCUT2D eigenvalue weighted by atomic mass is 10.1. The zero-order valence-electron chi connectivity index (χ0n) is 19.3. The van der Waals surface area contributed by atoms with Gasteiger partial charge in [0.1, 0.15) is 23.8 Å². The van der Waals surface area contributed by atoms with Gasteiger partial charge in [0.2, 0.25) is 0 Å². The molecular formula is C26H30F2N2O5. The van der Waals surface area contributed by atoms with Crippen LogP contribution in [0.1, 0.15) is 41.6 Å². The molecule has 2 aromatic carbocycles. The number of alkyl halides is 2. The van der Waals surface area contributed by atoms with E-state index in [1.165, 1.54) is 37.5 Å². The van der Waals surface area contributed by atoms with Crippen molar-refractivity contribution in [1.29, 1.82) is 0 Å². The largest absolute Gasteiger partial charge is 0.494 e. The average molecular weight is 489 g/mol. The maximum Gasteiger partial charge on any atom is 0.272 e. The molecule has 9 heteroatoms. The summed E-state index contributed by atoms with van der Waals surface area (Å²) in [6, 6.07) is 12.8. The molecule has 0 atom stereocenters. The molecule has 0 saturated heterocycles. The molecule has 3 rings (SSSR count). The number of rotatable bonds is 14. The zero-order chi connectivity index (χ0) is 25.0. The Balaban J connectivity index is 1.63. The van der Waals surface area contributed by atoms with E-state index in [2.05, 4.69) is 10.6 Å². The van der Waals surface area contributed by atoms with Crippen LogP contribution in [-0.2, 0) is 4.79 Å². The quantitative estimate of drug-likeness (QED) is 0.278. The average Bonchev–Trinajstić information content (AvgIpc) is 3.69. The van der Waals surface area contributed by atoms with Crippen LogP contribution in [0.2, 0.25) is 0 Å². The van der Waals surface area contributed by atoms with Crippen molar-refractivity contribution in [2.75, 3.05) is 26.4 Å². The Labute approximate surface area is 203 Å². The molecule has 0 spiro atoms. The van der Waals surface area contributed by atoms with Gasteiger partial charge in [0.25, 0.3) is 18.2 Å². The Morgan fingerprint density at radius 3 is 2.31 bits per heavy atom. The van der Waals surface area contributed by atoms with Crippen LogP contribution >= 0.6 is 0 Å². The molecule has 2 aromatic rings. The summed E-state index contributed by atoms with van der Waals surface area (Å²) >= 11 is 0. The second kappa shape index (κ2) is 13.4. The Morgan fingerprint density at radius 1 is 1.03 bits per heavy atom. The lowest BCUT2D eigenvalue weighted by Crippen LogP contribution is -2.36. The summed E-state index contributed by atoms with van der Waals surface area (Å²) in [5, 5.41) is 14.1. The first-order valence-corrected chi connectivity index (χ1v) is 11.6. The Morgan fingerprint density at radius 2 is 1.69 bits per heavy atom. The highest BCUT2D eigenvalue weighted by molar-refractivity contribution is 6.05. The number of carbonyl (C=O) groups is 2. The van der Waals surface area contributed by atoms with E-state index < -0.39 is 24.8 Å². The maximum absolute atomic E-state index is 12.8. The van der Waals surface area contributed by atoms with Crippen LogP contribution in [0, 0.1) is 5.92 Å². The minimum absolute atomic E-state index is 0.0131. The number of carbonyl (C=O) groups excluding carboxylic acids is 2. The molecule has 0 aliphatic heterocycles. The van der Waals surface area contributed by atoms with E-state index in [1.54, 1.807) is 36.4 Å². The highest BCUT2D eigenvalue weighted by atomic mass is 19.3. The van der Waals surface area contributed by atoms with Crippen LogP contribution < -0.4 is 20.1 Å². The number of hydrogen-bond donors (Lipinski definition) is 3. The van der Waals surface area contributed by atoms with Gasteiger partial charge in [-0.1, -0.05) is 25.0 Å². The van der Waals surface area contributed by atoms with Gasteiger partial charge in [-0.15, -0.1) is 0 Å². The molecule has 0 radical (unpaired) electrons. The van der Waals surface area contributed by atoms with Gasteiger partial charge >= 0.3 is 0 Å². The molecule has 188 valence electrons. The third-order valence-electron chi connectivity index (χ3n) is 5.30. The van der Waals surface area contributed by atoms with E-state index in [1.807, 2.05) is 0 Å². The van der Waals surface area contributed by atoms with Crippen molar-refractivity contribution >= 4 is 17.9 Å². The summed E-state index contributed by atoms with van der Waals surface area (Å²) in [5.41, 5.74) is 0.843. The molecule has 35 heavy (non-hydrogen) atoms. The van der Waals surface area contributed by atoms with Crippen LogP contribution in [0.4, 0.5) is 8.78 Å². The van der Waals surface area contributed by atoms with Crippen LogP contribution in [0.5, 0.6) is 11.5 Å². The predicted octanol–water partition coefficient (Wildman–Crippen LogP) is 3.78. The lowest BCUT2D eigenvalue weighted by Gasteiger charge is -2.12. The third-order valence-corrected chi connectivity index (χ3v) is 5.30. The van der Waals surface area contributed by atoms with Crippen molar-refractivity contribution in [3.05, 3.63) is 65.4 Å². The van der Waals surface area contributed by atoms with Gasteiger partial charge in [-0.05, 0) is 66.8 Å². The normalized spacial score (nSPS) is 13.4. The minimum atomic E-state index is -2.58. The highest BCUT2D eigenvalue weighted by Crippen LogP contribution is 2.33. The molecule has 1 saturated carbocycles. The summed E-state index contributed by atoms with van der Waals surface area (Å²) in [4.78, 5) is 25.3. The Hall–Kier alpha value is -3.46. The first kappa shape index (κ1) is 26.2. The summed E-state index contributed by atoms with van der Waals surface area (Å²) in [5.74, 6) is 0.711. The summed E-state index contributed by atoms with van der Waals surface area (Å²) in [6.45, 7) is -0.333. The molecule has 7 nitrogen and oxygen atoms in total. The lowest BCUT2D eigenvalue weighted by molar-refractivity contribution is -0.117. The molecule has 2 amide bonds. The van der Waals surface area contributed by atoms with E-state index in [4.69, 9.17) is 14.6 Å². The van der Waals surface area contributed by atoms with E-state index in [0.29, 0.717) is 23.5 Å². The molecule has 1 aliphatic carbocycles. The van der Waals surface area contributed by atoms with Crippen LogP contribution in [0.15, 0.2) is 54.2 Å². The third kappa shape index (κ3) is 9.36. The van der Waals surface area contributed by atoms with Gasteiger partial charge in [0.15, 0.2) is 0 Å². The molecule has 0 aromatic heterocycles. The fourth-order valence-electron chi connectivity index (χ4n) is 3.27. The standard InChI is InChI=1S/C26H30F2N2O5/c27-24(28)17-35-22-9-5-19(6-10-22)16-23(26(33)29-13-14-31)30-25(32)20-7-11-21(12-8-20)34-15-1-2-18-3-4-18/h5-12,16,18,24,31H,1-4,13-15,17H2,(H,29,33)(H,30,32)/b23-16+. The second-order valence-electron chi connectivity index (χ2n) is 8.22. The number of nitrogens with one attached hydrogen (secondary N) is 2. The van der Waals surface area contributed by atoms with E-state index >= 15 is 0 Å². The monoisotopic (exact) mass is 488 g/mol. The molecule has 0 unspecified atom stereocenters. The first-order valence-electron chi connectivity index (χ1n) is 11.6. The van der Waals surface area contributed by atoms with Gasteiger partial charge in [-0.25, -0.2) is 8.78 Å². The van der Waals surface area contributed by atoms with Crippen molar-refractivity contribution in [3.63, 3.8) is 0 Å². The zero-order valence-corrected chi connectivity index (χ0v) is 19.3. The topological polar surface area (TPSA) is 96.9 Å². The van der Waals surface area contributed by atoms with Crippen molar-refractivity contribution in [2.45, 2.75) is 32.1 Å². The fourth-order valence-corrected chi connectivity index (χ4v) is 3.27. The van der Waals surface area contributed by atoms with Gasteiger partial charge in [0, 0.05) is 12.1 Å². The maximum atomic E-state index is 12.8. The number of amides is 2. The van der Waals surface area contributed by atoms with Gasteiger partial charge < -0.3 is 25.2 Å². The van der Waals surface area contributed by atoms with Crippen molar-refractivity contribution < 1.29 is 33.0 Å². The van der Waals surface area contributed by atoms with Crippen LogP contribution in [0.25, 0.3) is 6.08 Å². The summed E-state index contributed by atoms with van der Waals surface area (Å²) in [7, 11) is 0. The molecular weight excluding hydrogens is 458 g/mol. The van der Waals surface area contributed by atoms with Gasteiger partial charge in [0.05, 0.1) is 13.2 Å². The van der Waals surface area contributed by atoms with Crippen LogP contribution in [0.3, 0.4) is 0 Å². The first-order chi connectivity index (χ1) is 16.9. The molecule has 1 aliphatic rings. The minimum Gasteiger partial charge on any atom is -0.494 e. The number of ether oxygens (including phenoxy) is 2. The van der Waals surface area contributed by atoms with E-state index in [-0.39, 0.29) is 24.6 Å². The molecule has 0 heterocycles. The molecule has 3 N–H and O–H groups in total. The van der Waals surface area contributed by atoms with Crippen molar-refractivity contribution in [2.24, 2.45) is 5.92 Å². The number of benzene rings is 2. The smallest absolute Gasteiger partial charge is 0.272 e. The number of halogens is 2. The van der Waals surface area contributed by atoms with E-state index in [0.717, 1.165) is 12.3 Å². The fraction of sp³-hybridized carbons (Fsp3) is 0.385. The molecule has 1 fully saturated rings. The summed E-state index contributed by atoms with van der Waals surface area (Å²) < 4.78 is 35.3. The number of aliphatic hydroxyl groups excluding tert-OH is 1. The van der Waals surface area contributed by atoms with Gasteiger partial charge in [-0.2, -0.15) is 0 Å². The van der Waals surface area contributed by atoms with Crippen LogP contribution in [-0.4, -0.2) is 49.7 Å². The Bertz CT molecular complexity index is 990. The second-order valence-corrected chi connectivity index (χ2v) is 8.22. The summed E-state index contributed by atoms with van der Waals surface area (Å²) in [6.07, 6.45) is 3.68. The molecule has 0 bridgehead atoms.